The lowest BCUT2D eigenvalue weighted by Crippen LogP contribution is -2.29. The topological polar surface area (TPSA) is 89.2 Å². The molecule has 0 saturated heterocycles. The van der Waals surface area contributed by atoms with Crippen molar-refractivity contribution in [1.29, 1.82) is 0 Å². The van der Waals surface area contributed by atoms with Crippen LogP contribution in [0.3, 0.4) is 0 Å². The Morgan fingerprint density at radius 1 is 1.00 bits per heavy atom. The van der Waals surface area contributed by atoms with Crippen LogP contribution in [0.25, 0.3) is 11.0 Å². The summed E-state index contributed by atoms with van der Waals surface area (Å²) in [5.74, 6) is 0.320. The Morgan fingerprint density at radius 2 is 1.74 bits per heavy atom. The smallest absolute Gasteiger partial charge is 0.295 e. The molecule has 0 aliphatic carbocycles. The molecule has 2 heterocycles. The van der Waals surface area contributed by atoms with Crippen LogP contribution in [0.1, 0.15) is 33.3 Å². The number of aryl methyl sites for hydroxylation is 1. The van der Waals surface area contributed by atoms with Crippen molar-refractivity contribution < 1.29 is 23.8 Å². The van der Waals surface area contributed by atoms with Crippen LogP contribution in [-0.4, -0.2) is 25.2 Å². The second-order valence-corrected chi connectivity index (χ2v) is 8.86. The van der Waals surface area contributed by atoms with Gasteiger partial charge in [-0.15, -0.1) is 0 Å². The number of carbonyl (C=O) groups is 1. The predicted molar refractivity (Wildman–Crippen MR) is 131 cm³/mol. The zero-order valence-electron chi connectivity index (χ0n) is 18.6. The summed E-state index contributed by atoms with van der Waals surface area (Å²) in [6, 6.07) is 14.7. The third-order valence-electron chi connectivity index (χ3n) is 5.96. The standard InChI is InChI=1S/C26H20BrNO6/c1-13-4-9-19-17(10-13)23(29)21-22(14-11-18(27)24(30)20(12-14)33-3)28(26(31)25(21)34-19)15-5-7-16(32-2)8-6-15/h4-12,22,30H,1-3H3. The average Bonchev–Trinajstić information content (AvgIpc) is 3.13. The lowest BCUT2D eigenvalue weighted by Gasteiger charge is -2.26. The van der Waals surface area contributed by atoms with Crippen molar-refractivity contribution in [2.24, 2.45) is 0 Å². The van der Waals surface area contributed by atoms with Gasteiger partial charge in [-0.25, -0.2) is 0 Å². The maximum atomic E-state index is 13.7. The quantitative estimate of drug-likeness (QED) is 0.390. The minimum absolute atomic E-state index is 0.00895. The fourth-order valence-electron chi connectivity index (χ4n) is 4.32. The molecule has 7 nitrogen and oxygen atoms in total. The fourth-order valence-corrected chi connectivity index (χ4v) is 4.78. The van der Waals surface area contributed by atoms with Crippen LogP contribution in [0, 0.1) is 6.92 Å². The number of aromatic hydroxyl groups is 1. The second kappa shape index (κ2) is 8.22. The number of anilines is 1. The minimum Gasteiger partial charge on any atom is -0.503 e. The van der Waals surface area contributed by atoms with E-state index in [1.165, 1.54) is 12.0 Å². The van der Waals surface area contributed by atoms with E-state index in [-0.39, 0.29) is 28.3 Å². The molecule has 1 aliphatic heterocycles. The number of benzene rings is 3. The molecule has 0 saturated carbocycles. The Balaban J connectivity index is 1.82. The summed E-state index contributed by atoms with van der Waals surface area (Å²) in [6.07, 6.45) is 0. The van der Waals surface area contributed by atoms with Crippen molar-refractivity contribution in [2.45, 2.75) is 13.0 Å². The summed E-state index contributed by atoms with van der Waals surface area (Å²) < 4.78 is 17.0. The molecule has 4 aromatic rings. The molecule has 172 valence electrons. The van der Waals surface area contributed by atoms with E-state index in [0.29, 0.717) is 32.4 Å². The zero-order chi connectivity index (χ0) is 24.1. The summed E-state index contributed by atoms with van der Waals surface area (Å²) >= 11 is 3.35. The van der Waals surface area contributed by atoms with Gasteiger partial charge in [0.2, 0.25) is 5.76 Å². The molecule has 1 aliphatic rings. The number of nitrogens with zero attached hydrogens (tertiary/aromatic N) is 1. The van der Waals surface area contributed by atoms with Crippen LogP contribution in [-0.2, 0) is 0 Å². The highest BCUT2D eigenvalue weighted by atomic mass is 79.9. The molecule has 3 aromatic carbocycles. The summed E-state index contributed by atoms with van der Waals surface area (Å²) in [5, 5.41) is 10.7. The molecule has 1 atom stereocenters. The number of phenolic OH excluding ortho intramolecular Hbond substituents is 1. The van der Waals surface area contributed by atoms with E-state index in [9.17, 15) is 14.7 Å². The summed E-state index contributed by atoms with van der Waals surface area (Å²) in [7, 11) is 3.00. The zero-order valence-corrected chi connectivity index (χ0v) is 20.2. The molecule has 1 unspecified atom stereocenters. The van der Waals surface area contributed by atoms with Gasteiger partial charge in [0.05, 0.1) is 35.7 Å². The first-order chi connectivity index (χ1) is 16.3. The largest absolute Gasteiger partial charge is 0.503 e. The number of hydrogen-bond donors (Lipinski definition) is 1. The SMILES string of the molecule is COc1ccc(N2C(=O)c3oc4ccc(C)cc4c(=O)c3C2c2cc(Br)c(O)c(OC)c2)cc1. The Labute approximate surface area is 203 Å². The molecule has 1 aromatic heterocycles. The maximum Gasteiger partial charge on any atom is 0.295 e. The first-order valence-electron chi connectivity index (χ1n) is 10.5. The average molecular weight is 522 g/mol. The molecular formula is C26H20BrNO6. The number of amides is 1. The molecule has 8 heteroatoms. The van der Waals surface area contributed by atoms with Crippen molar-refractivity contribution in [1.82, 2.24) is 0 Å². The van der Waals surface area contributed by atoms with Crippen LogP contribution >= 0.6 is 15.9 Å². The Kier molecular flexibility index (Phi) is 5.32. The van der Waals surface area contributed by atoms with Crippen LogP contribution in [0.15, 0.2) is 68.3 Å². The first-order valence-corrected chi connectivity index (χ1v) is 11.2. The Morgan fingerprint density at radius 3 is 2.41 bits per heavy atom. The number of methoxy groups -OCH3 is 2. The molecular weight excluding hydrogens is 502 g/mol. The molecule has 1 amide bonds. The van der Waals surface area contributed by atoms with Crippen molar-refractivity contribution in [3.8, 4) is 17.2 Å². The van der Waals surface area contributed by atoms with Gasteiger partial charge >= 0.3 is 0 Å². The van der Waals surface area contributed by atoms with Crippen molar-refractivity contribution in [3.63, 3.8) is 0 Å². The summed E-state index contributed by atoms with van der Waals surface area (Å²) in [4.78, 5) is 28.9. The first kappa shape index (κ1) is 22.0. The van der Waals surface area contributed by atoms with Crippen LogP contribution in [0.5, 0.6) is 17.2 Å². The highest BCUT2D eigenvalue weighted by molar-refractivity contribution is 9.10. The van der Waals surface area contributed by atoms with E-state index in [0.717, 1.165) is 5.56 Å². The molecule has 0 radical (unpaired) electrons. The third kappa shape index (κ3) is 3.33. The van der Waals surface area contributed by atoms with Crippen LogP contribution in [0.2, 0.25) is 0 Å². The van der Waals surface area contributed by atoms with Gasteiger partial charge in [-0.3, -0.25) is 14.5 Å². The van der Waals surface area contributed by atoms with E-state index in [4.69, 9.17) is 13.9 Å². The molecule has 34 heavy (non-hydrogen) atoms. The minimum atomic E-state index is -0.803. The highest BCUT2D eigenvalue weighted by Gasteiger charge is 2.44. The van der Waals surface area contributed by atoms with E-state index in [2.05, 4.69) is 15.9 Å². The number of carbonyl (C=O) groups excluding carboxylic acids is 1. The lowest BCUT2D eigenvalue weighted by atomic mass is 9.97. The van der Waals surface area contributed by atoms with Gasteiger partial charge in [0.1, 0.15) is 11.3 Å². The lowest BCUT2D eigenvalue weighted by molar-refractivity contribution is 0.0971. The summed E-state index contributed by atoms with van der Waals surface area (Å²) in [5.41, 5.74) is 2.34. The fraction of sp³-hybridized carbons (Fsp3) is 0.154. The van der Waals surface area contributed by atoms with E-state index in [1.54, 1.807) is 55.6 Å². The van der Waals surface area contributed by atoms with Crippen molar-refractivity contribution >= 4 is 38.5 Å². The predicted octanol–water partition coefficient (Wildman–Crippen LogP) is 5.34. The normalized spacial score (nSPS) is 15.0. The van der Waals surface area contributed by atoms with Crippen LogP contribution < -0.4 is 19.8 Å². The number of halogens is 1. The highest BCUT2D eigenvalue weighted by Crippen LogP contribution is 2.45. The number of hydrogen-bond acceptors (Lipinski definition) is 6. The van der Waals surface area contributed by atoms with Crippen molar-refractivity contribution in [3.05, 3.63) is 91.7 Å². The second-order valence-electron chi connectivity index (χ2n) is 8.00. The van der Waals surface area contributed by atoms with Gasteiger partial charge in [0, 0.05) is 5.69 Å². The van der Waals surface area contributed by atoms with Gasteiger partial charge < -0.3 is 19.0 Å². The van der Waals surface area contributed by atoms with E-state index < -0.39 is 11.9 Å². The monoisotopic (exact) mass is 521 g/mol. The van der Waals surface area contributed by atoms with E-state index in [1.807, 2.05) is 13.0 Å². The Hall–Kier alpha value is -3.78. The van der Waals surface area contributed by atoms with Gasteiger partial charge in [-0.05, 0) is 76.9 Å². The maximum absolute atomic E-state index is 13.7. The molecule has 0 spiro atoms. The molecule has 5 rings (SSSR count). The van der Waals surface area contributed by atoms with Gasteiger partial charge in [0.15, 0.2) is 16.9 Å². The Bertz CT molecular complexity index is 1510. The number of fused-ring (bicyclic) bond motifs is 2. The number of rotatable bonds is 4. The molecule has 0 fully saturated rings. The number of ether oxygens (including phenoxy) is 2. The molecule has 0 bridgehead atoms. The van der Waals surface area contributed by atoms with Gasteiger partial charge in [-0.2, -0.15) is 0 Å². The van der Waals surface area contributed by atoms with Crippen molar-refractivity contribution in [2.75, 3.05) is 19.1 Å². The summed E-state index contributed by atoms with van der Waals surface area (Å²) in [6.45, 7) is 1.89. The third-order valence-corrected chi connectivity index (χ3v) is 6.57. The van der Waals surface area contributed by atoms with Crippen LogP contribution in [0.4, 0.5) is 5.69 Å². The van der Waals surface area contributed by atoms with Gasteiger partial charge in [0.25, 0.3) is 5.91 Å². The molecule has 1 N–H and O–H groups in total. The number of phenols is 1. The van der Waals surface area contributed by atoms with E-state index >= 15 is 0 Å². The van der Waals surface area contributed by atoms with Gasteiger partial charge in [-0.1, -0.05) is 11.6 Å².